The van der Waals surface area contributed by atoms with Crippen molar-refractivity contribution in [3.8, 4) is 0 Å². The fourth-order valence-corrected chi connectivity index (χ4v) is 3.05. The molecule has 2 heterocycles. The molecule has 0 saturated carbocycles. The molecule has 0 aliphatic heterocycles. The first kappa shape index (κ1) is 22.3. The van der Waals surface area contributed by atoms with Gasteiger partial charge in [0, 0.05) is 45.3 Å². The van der Waals surface area contributed by atoms with Gasteiger partial charge in [0.2, 0.25) is 0 Å². The molecular formula is C18H24BrIN8. The van der Waals surface area contributed by atoms with E-state index in [1.807, 2.05) is 26.2 Å². The van der Waals surface area contributed by atoms with Crippen LogP contribution in [-0.2, 0) is 13.6 Å². The molecule has 0 bridgehead atoms. The minimum Gasteiger partial charge on any atom is -0.368 e. The number of nitrogens with one attached hydrogen (secondary N) is 2. The Kier molecular flexibility index (Phi) is 8.42. The third-order valence-corrected chi connectivity index (χ3v) is 4.67. The van der Waals surface area contributed by atoms with Gasteiger partial charge in [-0.25, -0.2) is 9.97 Å². The van der Waals surface area contributed by atoms with Gasteiger partial charge in [-0.2, -0.15) is 5.10 Å². The highest BCUT2D eigenvalue weighted by atomic mass is 127. The van der Waals surface area contributed by atoms with Crippen LogP contribution in [0.4, 0.5) is 5.82 Å². The molecule has 0 saturated heterocycles. The topological polar surface area (TPSA) is 83.3 Å². The lowest BCUT2D eigenvalue weighted by Crippen LogP contribution is -2.40. The van der Waals surface area contributed by atoms with E-state index in [2.05, 4.69) is 63.7 Å². The minimum atomic E-state index is 0. The van der Waals surface area contributed by atoms with Crippen molar-refractivity contribution in [2.45, 2.75) is 6.54 Å². The Bertz CT molecular complexity index is 925. The number of anilines is 1. The van der Waals surface area contributed by atoms with E-state index in [-0.39, 0.29) is 24.0 Å². The molecule has 2 aromatic heterocycles. The molecule has 3 rings (SSSR count). The molecule has 10 heteroatoms. The lowest BCUT2D eigenvalue weighted by atomic mass is 10.2. The van der Waals surface area contributed by atoms with E-state index < -0.39 is 0 Å². The average molecular weight is 559 g/mol. The van der Waals surface area contributed by atoms with Gasteiger partial charge in [-0.15, -0.1) is 24.0 Å². The first-order chi connectivity index (χ1) is 13.1. The Balaban J connectivity index is 0.00000280. The van der Waals surface area contributed by atoms with Crippen LogP contribution < -0.4 is 10.6 Å². The average Bonchev–Trinajstić information content (AvgIpc) is 3.05. The van der Waals surface area contributed by atoms with E-state index in [1.54, 1.807) is 24.3 Å². The van der Waals surface area contributed by atoms with E-state index in [0.717, 1.165) is 33.8 Å². The van der Waals surface area contributed by atoms with E-state index in [1.165, 1.54) is 5.56 Å². The van der Waals surface area contributed by atoms with Gasteiger partial charge in [0.15, 0.2) is 11.6 Å². The summed E-state index contributed by atoms with van der Waals surface area (Å²) in [6.07, 6.45) is 3.32. The number of benzene rings is 1. The van der Waals surface area contributed by atoms with Crippen LogP contribution in [0.15, 0.2) is 46.3 Å². The zero-order valence-electron chi connectivity index (χ0n) is 16.1. The predicted octanol–water partition coefficient (Wildman–Crippen LogP) is 2.86. The van der Waals surface area contributed by atoms with Crippen LogP contribution in [0.3, 0.4) is 0 Å². The number of hydrogen-bond acceptors (Lipinski definition) is 5. The predicted molar refractivity (Wildman–Crippen MR) is 127 cm³/mol. The maximum absolute atomic E-state index is 4.35. The van der Waals surface area contributed by atoms with Gasteiger partial charge in [-0.05, 0) is 17.7 Å². The lowest BCUT2D eigenvalue weighted by Gasteiger charge is -2.22. The Morgan fingerprint density at radius 3 is 2.68 bits per heavy atom. The van der Waals surface area contributed by atoms with Crippen LogP contribution in [0.25, 0.3) is 11.0 Å². The van der Waals surface area contributed by atoms with Gasteiger partial charge in [0.1, 0.15) is 12.1 Å². The second kappa shape index (κ2) is 10.6. The van der Waals surface area contributed by atoms with E-state index in [9.17, 15) is 0 Å². The standard InChI is InChI=1S/C18H23BrN8.HI/c1-20-18(26(2)11-13-4-6-14(19)7-5-13)22-9-8-21-16-15-10-25-27(3)17(15)24-12-23-16;/h4-7,10,12H,8-9,11H2,1-3H3,(H,20,22)(H,21,23,24);1H. The monoisotopic (exact) mass is 558 g/mol. The lowest BCUT2D eigenvalue weighted by molar-refractivity contribution is 0.478. The van der Waals surface area contributed by atoms with Crippen LogP contribution in [0, 0.1) is 0 Å². The summed E-state index contributed by atoms with van der Waals surface area (Å²) in [5, 5.41) is 11.8. The van der Waals surface area contributed by atoms with E-state index in [0.29, 0.717) is 13.1 Å². The Morgan fingerprint density at radius 2 is 1.96 bits per heavy atom. The Morgan fingerprint density at radius 1 is 1.21 bits per heavy atom. The molecule has 0 radical (unpaired) electrons. The number of aryl methyl sites for hydroxylation is 1. The van der Waals surface area contributed by atoms with Crippen molar-refractivity contribution >= 4 is 62.7 Å². The SMILES string of the molecule is CN=C(NCCNc1ncnc2c1cnn2C)N(C)Cc1ccc(Br)cc1.I. The van der Waals surface area contributed by atoms with Crippen LogP contribution in [0.2, 0.25) is 0 Å². The molecule has 3 aromatic rings. The van der Waals surface area contributed by atoms with Gasteiger partial charge in [0.25, 0.3) is 0 Å². The molecule has 0 aliphatic rings. The largest absolute Gasteiger partial charge is 0.368 e. The molecule has 1 aromatic carbocycles. The summed E-state index contributed by atoms with van der Waals surface area (Å²) >= 11 is 3.46. The van der Waals surface area contributed by atoms with Crippen molar-refractivity contribution in [3.63, 3.8) is 0 Å². The van der Waals surface area contributed by atoms with Crippen molar-refractivity contribution in [2.24, 2.45) is 12.0 Å². The molecule has 2 N–H and O–H groups in total. The molecule has 0 amide bonds. The summed E-state index contributed by atoms with van der Waals surface area (Å²) in [4.78, 5) is 15.0. The number of guanidine groups is 1. The number of fused-ring (bicyclic) bond motifs is 1. The van der Waals surface area contributed by atoms with Gasteiger partial charge in [0.05, 0.1) is 11.6 Å². The van der Waals surface area contributed by atoms with Gasteiger partial charge in [-0.1, -0.05) is 28.1 Å². The highest BCUT2D eigenvalue weighted by molar-refractivity contribution is 14.0. The summed E-state index contributed by atoms with van der Waals surface area (Å²) in [5.41, 5.74) is 2.03. The Labute approximate surface area is 190 Å². The quantitative estimate of drug-likeness (QED) is 0.209. The van der Waals surface area contributed by atoms with Crippen molar-refractivity contribution in [3.05, 3.63) is 46.8 Å². The normalized spacial score (nSPS) is 11.2. The van der Waals surface area contributed by atoms with Crippen molar-refractivity contribution in [2.75, 3.05) is 32.5 Å². The molecule has 0 fully saturated rings. The number of aliphatic imine (C=N–C) groups is 1. The molecule has 0 atom stereocenters. The summed E-state index contributed by atoms with van der Waals surface area (Å²) in [7, 11) is 5.68. The molecule has 8 nitrogen and oxygen atoms in total. The number of nitrogens with zero attached hydrogens (tertiary/aromatic N) is 6. The van der Waals surface area contributed by atoms with Crippen molar-refractivity contribution in [1.82, 2.24) is 30.0 Å². The third kappa shape index (κ3) is 5.53. The smallest absolute Gasteiger partial charge is 0.193 e. The van der Waals surface area contributed by atoms with Crippen LogP contribution in [-0.4, -0.2) is 57.8 Å². The summed E-state index contributed by atoms with van der Waals surface area (Å²) < 4.78 is 2.81. The number of halogens is 2. The molecule has 0 unspecified atom stereocenters. The first-order valence-corrected chi connectivity index (χ1v) is 9.40. The second-order valence-electron chi connectivity index (χ2n) is 6.11. The minimum absolute atomic E-state index is 0. The van der Waals surface area contributed by atoms with Crippen LogP contribution in [0.1, 0.15) is 5.56 Å². The maximum Gasteiger partial charge on any atom is 0.193 e. The fraction of sp³-hybridized carbons (Fsp3) is 0.333. The van der Waals surface area contributed by atoms with Gasteiger partial charge in [-0.3, -0.25) is 9.67 Å². The van der Waals surface area contributed by atoms with Gasteiger partial charge < -0.3 is 15.5 Å². The zero-order chi connectivity index (χ0) is 19.2. The third-order valence-electron chi connectivity index (χ3n) is 4.14. The summed E-state index contributed by atoms with van der Waals surface area (Å²) in [6, 6.07) is 8.29. The second-order valence-corrected chi connectivity index (χ2v) is 7.03. The fourth-order valence-electron chi connectivity index (χ4n) is 2.78. The maximum atomic E-state index is 4.35. The van der Waals surface area contributed by atoms with Crippen molar-refractivity contribution < 1.29 is 0 Å². The Hall–Kier alpha value is -1.95. The molecule has 0 aliphatic carbocycles. The molecule has 0 spiro atoms. The van der Waals surface area contributed by atoms with Crippen molar-refractivity contribution in [1.29, 1.82) is 0 Å². The van der Waals surface area contributed by atoms with E-state index >= 15 is 0 Å². The summed E-state index contributed by atoms with van der Waals surface area (Å²) in [6.45, 7) is 2.19. The molecular weight excluding hydrogens is 535 g/mol. The number of rotatable bonds is 6. The number of hydrogen-bond donors (Lipinski definition) is 2. The molecule has 28 heavy (non-hydrogen) atoms. The molecule has 150 valence electrons. The van der Waals surface area contributed by atoms with Gasteiger partial charge >= 0.3 is 0 Å². The first-order valence-electron chi connectivity index (χ1n) is 8.61. The highest BCUT2D eigenvalue weighted by Gasteiger charge is 2.08. The van der Waals surface area contributed by atoms with Crippen LogP contribution >= 0.6 is 39.9 Å². The van der Waals surface area contributed by atoms with E-state index in [4.69, 9.17) is 0 Å². The highest BCUT2D eigenvalue weighted by Crippen LogP contribution is 2.17. The number of aromatic nitrogens is 4. The van der Waals surface area contributed by atoms with Crippen LogP contribution in [0.5, 0.6) is 0 Å². The zero-order valence-corrected chi connectivity index (χ0v) is 20.0. The summed E-state index contributed by atoms with van der Waals surface area (Å²) in [5.74, 6) is 1.63.